The van der Waals surface area contributed by atoms with Crippen molar-refractivity contribution in [1.82, 2.24) is 10.2 Å². The Hall–Kier alpha value is -2.34. The third kappa shape index (κ3) is 6.68. The van der Waals surface area contributed by atoms with E-state index in [9.17, 15) is 9.59 Å². The van der Waals surface area contributed by atoms with Crippen LogP contribution in [0.5, 0.6) is 5.75 Å². The highest BCUT2D eigenvalue weighted by atomic mass is 79.9. The Kier molecular flexibility index (Phi) is 8.05. The lowest BCUT2D eigenvalue weighted by atomic mass is 10.1. The molecule has 0 radical (unpaired) electrons. The van der Waals surface area contributed by atoms with Crippen LogP contribution in [0.25, 0.3) is 0 Å². The topological polar surface area (TPSA) is 58.6 Å². The van der Waals surface area contributed by atoms with E-state index >= 15 is 0 Å². The summed E-state index contributed by atoms with van der Waals surface area (Å²) in [5.41, 5.74) is 2.05. The average molecular weight is 447 g/mol. The number of halogens is 1. The van der Waals surface area contributed by atoms with Gasteiger partial charge in [-0.2, -0.15) is 0 Å². The lowest BCUT2D eigenvalue weighted by Gasteiger charge is -2.29. The Balaban J connectivity index is 2.14. The van der Waals surface area contributed by atoms with Gasteiger partial charge in [0.2, 0.25) is 5.91 Å². The molecule has 0 fully saturated rings. The van der Waals surface area contributed by atoms with E-state index in [0.717, 1.165) is 15.6 Å². The third-order valence-corrected chi connectivity index (χ3v) is 4.72. The van der Waals surface area contributed by atoms with E-state index in [0.29, 0.717) is 12.3 Å². The second kappa shape index (κ2) is 10.3. The van der Waals surface area contributed by atoms with Gasteiger partial charge < -0.3 is 15.0 Å². The van der Waals surface area contributed by atoms with Gasteiger partial charge in [0.25, 0.3) is 5.91 Å². The molecule has 1 N–H and O–H groups in total. The Bertz CT molecular complexity index is 806. The molecule has 28 heavy (non-hydrogen) atoms. The average Bonchev–Trinajstić information content (AvgIpc) is 2.64. The van der Waals surface area contributed by atoms with Gasteiger partial charge in [-0.3, -0.25) is 9.59 Å². The summed E-state index contributed by atoms with van der Waals surface area (Å²) in [5, 5.41) is 2.87. The van der Waals surface area contributed by atoms with E-state index in [1.54, 1.807) is 11.8 Å². The van der Waals surface area contributed by atoms with Crippen LogP contribution in [0.4, 0.5) is 0 Å². The van der Waals surface area contributed by atoms with Crippen LogP contribution in [0.15, 0.2) is 53.0 Å². The number of ether oxygens (including phenoxy) is 1. The van der Waals surface area contributed by atoms with Crippen molar-refractivity contribution >= 4 is 27.7 Å². The first-order valence-corrected chi connectivity index (χ1v) is 10.1. The molecule has 2 rings (SSSR count). The zero-order valence-electron chi connectivity index (χ0n) is 16.7. The first-order chi connectivity index (χ1) is 13.3. The maximum Gasteiger partial charge on any atom is 0.261 e. The minimum atomic E-state index is -0.615. The summed E-state index contributed by atoms with van der Waals surface area (Å²) in [5.74, 6) is 0.196. The predicted octanol–water partition coefficient (Wildman–Crippen LogP) is 4.08. The molecule has 0 saturated carbocycles. The highest BCUT2D eigenvalue weighted by Gasteiger charge is 2.26. The molecule has 0 saturated heterocycles. The standard InChI is InChI=1S/C22H27BrN2O3/c1-15(2)24-22(27)17(4)25(13-18-6-5-7-19(23)12-18)21(26)14-28-20-10-8-16(3)9-11-20/h5-12,15,17H,13-14H2,1-4H3,(H,24,27)/t17-/m1/s1. The molecule has 2 aromatic carbocycles. The minimum Gasteiger partial charge on any atom is -0.484 e. The molecular formula is C22H27BrN2O3. The monoisotopic (exact) mass is 446 g/mol. The Morgan fingerprint density at radius 2 is 1.79 bits per heavy atom. The largest absolute Gasteiger partial charge is 0.484 e. The van der Waals surface area contributed by atoms with Crippen LogP contribution >= 0.6 is 15.9 Å². The maximum absolute atomic E-state index is 12.9. The summed E-state index contributed by atoms with van der Waals surface area (Å²) in [6.45, 7) is 7.71. The molecule has 0 aliphatic rings. The van der Waals surface area contributed by atoms with Gasteiger partial charge in [0, 0.05) is 17.1 Å². The molecule has 0 aliphatic heterocycles. The summed E-state index contributed by atoms with van der Waals surface area (Å²) < 4.78 is 6.57. The quantitative estimate of drug-likeness (QED) is 0.664. The fourth-order valence-electron chi connectivity index (χ4n) is 2.68. The molecule has 5 nitrogen and oxygen atoms in total. The summed E-state index contributed by atoms with van der Waals surface area (Å²) in [4.78, 5) is 27.0. The second-order valence-corrected chi connectivity index (χ2v) is 8.01. The van der Waals surface area contributed by atoms with Crippen molar-refractivity contribution in [3.05, 3.63) is 64.1 Å². The fraction of sp³-hybridized carbons (Fsp3) is 0.364. The number of amides is 2. The number of rotatable bonds is 8. The molecule has 0 unspecified atom stereocenters. The van der Waals surface area contributed by atoms with Crippen LogP contribution in [0.1, 0.15) is 31.9 Å². The molecule has 0 heterocycles. The van der Waals surface area contributed by atoms with Crippen molar-refractivity contribution in [1.29, 1.82) is 0 Å². The van der Waals surface area contributed by atoms with E-state index in [1.165, 1.54) is 0 Å². The molecular weight excluding hydrogens is 420 g/mol. The number of nitrogens with one attached hydrogen (secondary N) is 1. The number of carbonyl (C=O) groups excluding carboxylic acids is 2. The second-order valence-electron chi connectivity index (χ2n) is 7.09. The van der Waals surface area contributed by atoms with E-state index in [2.05, 4.69) is 21.2 Å². The Labute approximate surface area is 175 Å². The van der Waals surface area contributed by atoms with Crippen LogP contribution in [0, 0.1) is 6.92 Å². The number of nitrogens with zero attached hydrogens (tertiary/aromatic N) is 1. The van der Waals surface area contributed by atoms with E-state index in [4.69, 9.17) is 4.74 Å². The van der Waals surface area contributed by atoms with Crippen molar-refractivity contribution in [2.75, 3.05) is 6.61 Å². The molecule has 0 aliphatic carbocycles. The molecule has 2 aromatic rings. The molecule has 6 heteroatoms. The van der Waals surface area contributed by atoms with Crippen molar-refractivity contribution < 1.29 is 14.3 Å². The SMILES string of the molecule is Cc1ccc(OCC(=O)N(Cc2cccc(Br)c2)[C@H](C)C(=O)NC(C)C)cc1. The lowest BCUT2D eigenvalue weighted by molar-refractivity contribution is -0.142. The normalized spacial score (nSPS) is 11.8. The maximum atomic E-state index is 12.9. The van der Waals surface area contributed by atoms with Crippen LogP contribution in [0.3, 0.4) is 0 Å². The fourth-order valence-corrected chi connectivity index (χ4v) is 3.13. The van der Waals surface area contributed by atoms with Crippen molar-refractivity contribution in [3.8, 4) is 5.75 Å². The number of benzene rings is 2. The summed E-state index contributed by atoms with van der Waals surface area (Å²) >= 11 is 3.45. The van der Waals surface area contributed by atoms with Gasteiger partial charge in [0.1, 0.15) is 11.8 Å². The Morgan fingerprint density at radius 3 is 2.39 bits per heavy atom. The summed E-state index contributed by atoms with van der Waals surface area (Å²) in [6.07, 6.45) is 0. The van der Waals surface area contributed by atoms with Crippen LogP contribution < -0.4 is 10.1 Å². The van der Waals surface area contributed by atoms with E-state index in [-0.39, 0.29) is 24.5 Å². The van der Waals surface area contributed by atoms with Crippen LogP contribution in [-0.2, 0) is 16.1 Å². The van der Waals surface area contributed by atoms with Crippen LogP contribution in [-0.4, -0.2) is 35.4 Å². The van der Waals surface area contributed by atoms with Gasteiger partial charge in [0.05, 0.1) is 0 Å². The number of carbonyl (C=O) groups is 2. The van der Waals surface area contributed by atoms with Crippen molar-refractivity contribution in [3.63, 3.8) is 0 Å². The van der Waals surface area contributed by atoms with Crippen LogP contribution in [0.2, 0.25) is 0 Å². The van der Waals surface area contributed by atoms with Crippen molar-refractivity contribution in [2.45, 2.75) is 46.3 Å². The van der Waals surface area contributed by atoms with Gasteiger partial charge in [-0.05, 0) is 57.5 Å². The van der Waals surface area contributed by atoms with Gasteiger partial charge >= 0.3 is 0 Å². The molecule has 150 valence electrons. The van der Waals surface area contributed by atoms with Crippen molar-refractivity contribution in [2.24, 2.45) is 0 Å². The van der Waals surface area contributed by atoms with Gasteiger partial charge in [-0.15, -0.1) is 0 Å². The lowest BCUT2D eigenvalue weighted by Crippen LogP contribution is -2.50. The third-order valence-electron chi connectivity index (χ3n) is 4.22. The minimum absolute atomic E-state index is 0.00146. The smallest absolute Gasteiger partial charge is 0.261 e. The van der Waals surface area contributed by atoms with Gasteiger partial charge in [-0.1, -0.05) is 45.8 Å². The number of hydrogen-bond acceptors (Lipinski definition) is 3. The highest BCUT2D eigenvalue weighted by Crippen LogP contribution is 2.16. The van der Waals surface area contributed by atoms with E-state index in [1.807, 2.05) is 69.3 Å². The summed E-state index contributed by atoms with van der Waals surface area (Å²) in [6, 6.07) is 14.6. The van der Waals surface area contributed by atoms with E-state index < -0.39 is 6.04 Å². The first kappa shape index (κ1) is 22.0. The number of hydrogen-bond donors (Lipinski definition) is 1. The van der Waals surface area contributed by atoms with Gasteiger partial charge in [-0.25, -0.2) is 0 Å². The zero-order chi connectivity index (χ0) is 20.7. The predicted molar refractivity (Wildman–Crippen MR) is 114 cm³/mol. The molecule has 0 bridgehead atoms. The molecule has 2 amide bonds. The summed E-state index contributed by atoms with van der Waals surface area (Å²) in [7, 11) is 0. The number of aryl methyl sites for hydroxylation is 1. The van der Waals surface area contributed by atoms with Gasteiger partial charge in [0.15, 0.2) is 6.61 Å². The first-order valence-electron chi connectivity index (χ1n) is 9.30. The molecule has 0 aromatic heterocycles. The zero-order valence-corrected chi connectivity index (χ0v) is 18.3. The molecule has 1 atom stereocenters. The Morgan fingerprint density at radius 1 is 1.11 bits per heavy atom. The molecule has 0 spiro atoms. The highest BCUT2D eigenvalue weighted by molar-refractivity contribution is 9.10.